The second kappa shape index (κ2) is 8.09. The maximum Gasteiger partial charge on any atom is 0.231 e. The smallest absolute Gasteiger partial charge is 0.231 e. The van der Waals surface area contributed by atoms with Crippen LogP contribution in [0.4, 0.5) is 17.1 Å². The van der Waals surface area contributed by atoms with Gasteiger partial charge >= 0.3 is 0 Å². The molecular formula is C23H26N5O2+. The first-order chi connectivity index (χ1) is 14.5. The standard InChI is InChI=1S/C23H25N5O2/c1-25-20-5-3-4-6-21(20)26(2)23(25)19(15-24)22(30)16-27-11-13-28(14-12-27)17-7-9-18(29)10-8-17/h3-10,29H,11-14,16H2,1-2H3/p+1. The predicted molar refractivity (Wildman–Crippen MR) is 117 cm³/mol. The van der Waals surface area contributed by atoms with Gasteiger partial charge in [-0.1, -0.05) is 12.1 Å². The van der Waals surface area contributed by atoms with E-state index in [1.54, 1.807) is 12.1 Å². The van der Waals surface area contributed by atoms with Crippen LogP contribution in [-0.2, 0) is 4.79 Å². The summed E-state index contributed by atoms with van der Waals surface area (Å²) in [5.41, 5.74) is 3.27. The summed E-state index contributed by atoms with van der Waals surface area (Å²) in [5.74, 6) is 0.785. The molecule has 4 rings (SSSR count). The monoisotopic (exact) mass is 404 g/mol. The molecule has 2 aromatic rings. The highest BCUT2D eigenvalue weighted by molar-refractivity contribution is 6.03. The summed E-state index contributed by atoms with van der Waals surface area (Å²) in [4.78, 5) is 20.3. The Bertz CT molecular complexity index is 986. The molecule has 0 aromatic heterocycles. The molecule has 0 unspecified atom stereocenters. The van der Waals surface area contributed by atoms with Gasteiger partial charge in [-0.25, -0.2) is 0 Å². The van der Waals surface area contributed by atoms with Gasteiger partial charge in [0.15, 0.2) is 0 Å². The third-order valence-electron chi connectivity index (χ3n) is 5.95. The number of fused-ring (bicyclic) bond motifs is 1. The van der Waals surface area contributed by atoms with E-state index in [1.807, 2.05) is 60.3 Å². The Kier molecular flexibility index (Phi) is 5.34. The molecule has 0 saturated carbocycles. The van der Waals surface area contributed by atoms with Crippen LogP contribution in [0.25, 0.3) is 0 Å². The highest BCUT2D eigenvalue weighted by Gasteiger charge is 2.33. The predicted octanol–water partition coefficient (Wildman–Crippen LogP) is 0.988. The summed E-state index contributed by atoms with van der Waals surface area (Å²) >= 11 is 0. The van der Waals surface area contributed by atoms with Crippen molar-refractivity contribution in [3.63, 3.8) is 0 Å². The molecule has 7 nitrogen and oxygen atoms in total. The summed E-state index contributed by atoms with van der Waals surface area (Å²) in [6, 6.07) is 17.3. The van der Waals surface area contributed by atoms with Crippen molar-refractivity contribution >= 4 is 22.8 Å². The molecule has 0 spiro atoms. The minimum absolute atomic E-state index is 0.118. The number of carbonyl (C=O) groups excluding carboxylic acids is 1. The first-order valence-corrected chi connectivity index (χ1v) is 10.1. The van der Waals surface area contributed by atoms with Crippen LogP contribution >= 0.6 is 0 Å². The molecule has 1 saturated heterocycles. The fourth-order valence-electron chi connectivity index (χ4n) is 4.29. The molecule has 0 bridgehead atoms. The molecule has 2 aliphatic rings. The lowest BCUT2D eigenvalue weighted by molar-refractivity contribution is -0.892. The van der Waals surface area contributed by atoms with E-state index in [0.717, 1.165) is 43.2 Å². The van der Waals surface area contributed by atoms with Gasteiger partial charge in [0, 0.05) is 19.8 Å². The van der Waals surface area contributed by atoms with Gasteiger partial charge in [0.25, 0.3) is 0 Å². The van der Waals surface area contributed by atoms with Crippen LogP contribution in [0.15, 0.2) is 59.9 Å². The van der Waals surface area contributed by atoms with Crippen LogP contribution in [0.2, 0.25) is 0 Å². The second-order valence-electron chi connectivity index (χ2n) is 7.77. The summed E-state index contributed by atoms with van der Waals surface area (Å²) in [6.45, 7) is 3.63. The first-order valence-electron chi connectivity index (χ1n) is 10.1. The van der Waals surface area contributed by atoms with Crippen molar-refractivity contribution in [2.24, 2.45) is 0 Å². The van der Waals surface area contributed by atoms with Crippen LogP contribution in [-0.4, -0.2) is 57.7 Å². The van der Waals surface area contributed by atoms with E-state index in [-0.39, 0.29) is 17.1 Å². The molecule has 2 heterocycles. The fraction of sp³-hybridized carbons (Fsp3) is 0.304. The lowest BCUT2D eigenvalue weighted by Gasteiger charge is -2.33. The average molecular weight is 404 g/mol. The largest absolute Gasteiger partial charge is 0.508 e. The number of ketones is 1. The number of quaternary nitrogens is 1. The van der Waals surface area contributed by atoms with Crippen LogP contribution in [0.5, 0.6) is 5.75 Å². The molecule has 2 aliphatic heterocycles. The van der Waals surface area contributed by atoms with Crippen molar-refractivity contribution in [1.82, 2.24) is 0 Å². The molecule has 2 aromatic carbocycles. The van der Waals surface area contributed by atoms with E-state index in [4.69, 9.17) is 0 Å². The lowest BCUT2D eigenvalue weighted by atomic mass is 10.1. The van der Waals surface area contributed by atoms with Crippen LogP contribution < -0.4 is 19.6 Å². The zero-order valence-corrected chi connectivity index (χ0v) is 17.3. The third kappa shape index (κ3) is 3.58. The van der Waals surface area contributed by atoms with Gasteiger partial charge in [-0.2, -0.15) is 5.26 Å². The summed E-state index contributed by atoms with van der Waals surface area (Å²) in [6.07, 6.45) is 0. The number of carbonyl (C=O) groups is 1. The van der Waals surface area contributed by atoms with Gasteiger partial charge in [0.2, 0.25) is 5.78 Å². The Morgan fingerprint density at radius 1 is 1.03 bits per heavy atom. The van der Waals surface area contributed by atoms with E-state index < -0.39 is 0 Å². The third-order valence-corrected chi connectivity index (χ3v) is 5.95. The number of Topliss-reactive ketones (excluding diaryl/α,β-unsaturated/α-hetero) is 1. The molecule has 0 radical (unpaired) electrons. The topological polar surface area (TPSA) is 75.2 Å². The van der Waals surface area contributed by atoms with Crippen LogP contribution in [0, 0.1) is 11.3 Å². The van der Waals surface area contributed by atoms with Crippen LogP contribution in [0.1, 0.15) is 0 Å². The quantitative estimate of drug-likeness (QED) is 0.585. The van der Waals surface area contributed by atoms with Crippen molar-refractivity contribution in [3.05, 3.63) is 59.9 Å². The molecule has 154 valence electrons. The SMILES string of the molecule is CN1C(=C(C#N)C(=O)C[NH+]2CCN(c3ccc(O)cc3)CC2)N(C)c2ccccc21. The Morgan fingerprint density at radius 2 is 1.60 bits per heavy atom. The molecule has 0 aliphatic carbocycles. The number of hydrogen-bond acceptors (Lipinski definition) is 6. The average Bonchev–Trinajstić information content (AvgIpc) is 3.01. The number of nitrogens with one attached hydrogen (secondary N) is 1. The van der Waals surface area contributed by atoms with Gasteiger partial charge in [0.1, 0.15) is 29.8 Å². The molecule has 1 fully saturated rings. The lowest BCUT2D eigenvalue weighted by Crippen LogP contribution is -3.15. The molecule has 7 heteroatoms. The number of rotatable bonds is 4. The highest BCUT2D eigenvalue weighted by atomic mass is 16.3. The number of hydrogen-bond donors (Lipinski definition) is 2. The summed E-state index contributed by atoms with van der Waals surface area (Å²) in [7, 11) is 3.79. The molecule has 30 heavy (non-hydrogen) atoms. The van der Waals surface area contributed by atoms with Crippen LogP contribution in [0.3, 0.4) is 0 Å². The van der Waals surface area contributed by atoms with Crippen molar-refractivity contribution < 1.29 is 14.8 Å². The van der Waals surface area contributed by atoms with Crippen molar-refractivity contribution in [3.8, 4) is 11.8 Å². The number of benzene rings is 2. The van der Waals surface area contributed by atoms with Crippen molar-refractivity contribution in [2.75, 3.05) is 61.5 Å². The van der Waals surface area contributed by atoms with Crippen molar-refractivity contribution in [2.45, 2.75) is 0 Å². The highest BCUT2D eigenvalue weighted by Crippen LogP contribution is 2.40. The normalized spacial score (nSPS) is 16.4. The van der Waals surface area contributed by atoms with Gasteiger partial charge < -0.3 is 24.7 Å². The second-order valence-corrected chi connectivity index (χ2v) is 7.77. The zero-order valence-electron chi connectivity index (χ0n) is 17.3. The number of phenolic OH excluding ortho intramolecular Hbond substituents is 1. The first kappa shape index (κ1) is 19.8. The number of anilines is 3. The molecule has 0 atom stereocenters. The van der Waals surface area contributed by atoms with E-state index in [9.17, 15) is 15.2 Å². The Morgan fingerprint density at radius 3 is 2.13 bits per heavy atom. The number of phenols is 1. The van der Waals surface area contributed by atoms with E-state index in [0.29, 0.717) is 12.4 Å². The molecular weight excluding hydrogens is 378 g/mol. The molecule has 0 amide bonds. The van der Waals surface area contributed by atoms with E-state index >= 15 is 0 Å². The van der Waals surface area contributed by atoms with Gasteiger partial charge in [-0.05, 0) is 36.4 Å². The van der Waals surface area contributed by atoms with Gasteiger partial charge in [-0.15, -0.1) is 0 Å². The number of nitriles is 1. The van der Waals surface area contributed by atoms with Gasteiger partial charge in [-0.3, -0.25) is 4.79 Å². The number of nitrogens with zero attached hydrogens (tertiary/aromatic N) is 4. The minimum Gasteiger partial charge on any atom is -0.508 e. The minimum atomic E-state index is -0.118. The summed E-state index contributed by atoms with van der Waals surface area (Å²) in [5, 5.41) is 19.3. The van der Waals surface area contributed by atoms with E-state index in [2.05, 4.69) is 11.0 Å². The molecule has 2 N–H and O–H groups in total. The number of piperazine rings is 1. The number of para-hydroxylation sites is 2. The maximum atomic E-state index is 13.1. The Hall–Kier alpha value is -3.50. The fourth-order valence-corrected chi connectivity index (χ4v) is 4.29. The maximum absolute atomic E-state index is 13.1. The zero-order chi connectivity index (χ0) is 21.3. The Labute approximate surface area is 176 Å². The Balaban J connectivity index is 1.44. The number of aromatic hydroxyl groups is 1. The van der Waals surface area contributed by atoms with Crippen molar-refractivity contribution in [1.29, 1.82) is 5.26 Å². The summed E-state index contributed by atoms with van der Waals surface area (Å²) < 4.78 is 0. The van der Waals surface area contributed by atoms with E-state index in [1.165, 1.54) is 4.90 Å². The van der Waals surface area contributed by atoms with Gasteiger partial charge in [0.05, 0.1) is 37.6 Å².